The van der Waals surface area contributed by atoms with E-state index in [-0.39, 0.29) is 18.1 Å². The second kappa shape index (κ2) is 11.4. The zero-order chi connectivity index (χ0) is 22.5. The van der Waals surface area contributed by atoms with Crippen LogP contribution in [0.3, 0.4) is 0 Å². The van der Waals surface area contributed by atoms with Gasteiger partial charge in [-0.25, -0.2) is 8.78 Å². The van der Waals surface area contributed by atoms with Crippen LogP contribution in [0.1, 0.15) is 114 Å². The molecule has 1 aromatic carbocycles. The van der Waals surface area contributed by atoms with E-state index in [2.05, 4.69) is 13.8 Å². The van der Waals surface area contributed by atoms with Crippen LogP contribution in [0.4, 0.5) is 8.78 Å². The molecule has 0 radical (unpaired) electrons. The van der Waals surface area contributed by atoms with E-state index in [0.29, 0.717) is 30.3 Å². The number of benzene rings is 1. The summed E-state index contributed by atoms with van der Waals surface area (Å²) >= 11 is 0. The van der Waals surface area contributed by atoms with Gasteiger partial charge in [0.25, 0.3) is 0 Å². The van der Waals surface area contributed by atoms with Gasteiger partial charge in [0, 0.05) is 11.5 Å². The Kier molecular flexibility index (Phi) is 8.61. The van der Waals surface area contributed by atoms with E-state index in [4.69, 9.17) is 9.47 Å². The molecule has 3 fully saturated rings. The first-order valence-electron chi connectivity index (χ1n) is 13.3. The van der Waals surface area contributed by atoms with Crippen molar-refractivity contribution < 1.29 is 18.3 Å². The molecule has 1 aliphatic carbocycles. The van der Waals surface area contributed by atoms with Gasteiger partial charge in [-0.15, -0.1) is 0 Å². The minimum atomic E-state index is -0.707. The Morgan fingerprint density at radius 2 is 1.41 bits per heavy atom. The molecule has 0 aromatic heterocycles. The Morgan fingerprint density at radius 1 is 0.719 bits per heavy atom. The minimum absolute atomic E-state index is 0.0499. The van der Waals surface area contributed by atoms with Crippen molar-refractivity contribution in [3.05, 3.63) is 34.9 Å². The molecule has 2 aliphatic heterocycles. The average Bonchev–Trinajstić information content (AvgIpc) is 2.83. The smallest absolute Gasteiger partial charge is 0.164 e. The van der Waals surface area contributed by atoms with Crippen molar-refractivity contribution in [3.8, 4) is 0 Å². The topological polar surface area (TPSA) is 18.5 Å². The summed E-state index contributed by atoms with van der Waals surface area (Å²) in [6, 6.07) is 3.55. The SMILES string of the molecule is CCCC1CCC(C2CCC(c3ccc(C4CCC(CCC)OC4)c(F)c3F)OC2)CC1. The predicted molar refractivity (Wildman–Crippen MR) is 125 cm³/mol. The first kappa shape index (κ1) is 24.1. The third kappa shape index (κ3) is 5.55. The maximum absolute atomic E-state index is 15.1. The Morgan fingerprint density at radius 3 is 2.03 bits per heavy atom. The Bertz CT molecular complexity index is 712. The van der Waals surface area contributed by atoms with Crippen LogP contribution in [0.25, 0.3) is 0 Å². The van der Waals surface area contributed by atoms with Crippen molar-refractivity contribution in [2.45, 2.75) is 109 Å². The molecule has 4 atom stereocenters. The fourth-order valence-corrected chi connectivity index (χ4v) is 6.49. The summed E-state index contributed by atoms with van der Waals surface area (Å²) in [5.74, 6) is 0.793. The molecule has 32 heavy (non-hydrogen) atoms. The molecule has 1 aromatic rings. The molecule has 180 valence electrons. The largest absolute Gasteiger partial charge is 0.378 e. The maximum atomic E-state index is 15.1. The van der Waals surface area contributed by atoms with Gasteiger partial charge in [0.05, 0.1) is 25.4 Å². The molecule has 2 nitrogen and oxygen atoms in total. The van der Waals surface area contributed by atoms with Crippen LogP contribution in [-0.4, -0.2) is 19.3 Å². The van der Waals surface area contributed by atoms with E-state index in [1.807, 2.05) is 0 Å². The van der Waals surface area contributed by atoms with E-state index >= 15 is 8.78 Å². The molecule has 4 heteroatoms. The molecule has 0 spiro atoms. The Labute approximate surface area is 193 Å². The number of halogens is 2. The van der Waals surface area contributed by atoms with Crippen molar-refractivity contribution in [1.29, 1.82) is 0 Å². The van der Waals surface area contributed by atoms with Gasteiger partial charge in [-0.1, -0.05) is 58.1 Å². The molecular weight excluding hydrogens is 406 g/mol. The highest BCUT2D eigenvalue weighted by molar-refractivity contribution is 5.31. The number of ether oxygens (including phenoxy) is 2. The predicted octanol–water partition coefficient (Wildman–Crippen LogP) is 8.10. The lowest BCUT2D eigenvalue weighted by atomic mass is 9.72. The van der Waals surface area contributed by atoms with E-state index in [1.54, 1.807) is 12.1 Å². The lowest BCUT2D eigenvalue weighted by Gasteiger charge is -2.38. The van der Waals surface area contributed by atoms with Crippen LogP contribution >= 0.6 is 0 Å². The number of hydrogen-bond acceptors (Lipinski definition) is 2. The first-order chi connectivity index (χ1) is 15.6. The number of hydrogen-bond donors (Lipinski definition) is 0. The lowest BCUT2D eigenvalue weighted by Crippen LogP contribution is -2.30. The Hall–Kier alpha value is -1.00. The molecule has 0 N–H and O–H groups in total. The summed E-state index contributed by atoms with van der Waals surface area (Å²) < 4.78 is 42.1. The van der Waals surface area contributed by atoms with E-state index in [0.717, 1.165) is 50.4 Å². The zero-order valence-corrected chi connectivity index (χ0v) is 20.1. The highest BCUT2D eigenvalue weighted by atomic mass is 19.2. The molecule has 2 heterocycles. The normalized spacial score (nSPS) is 33.9. The summed E-state index contributed by atoms with van der Waals surface area (Å²) in [6.45, 7) is 5.60. The molecule has 4 unspecified atom stereocenters. The average molecular weight is 449 g/mol. The van der Waals surface area contributed by atoms with Crippen LogP contribution in [0, 0.1) is 29.4 Å². The molecular formula is C28H42F2O2. The summed E-state index contributed by atoms with van der Waals surface area (Å²) in [4.78, 5) is 0. The summed E-state index contributed by atoms with van der Waals surface area (Å²) in [5.41, 5.74) is 0.871. The van der Waals surface area contributed by atoms with E-state index < -0.39 is 11.6 Å². The first-order valence-corrected chi connectivity index (χ1v) is 13.3. The van der Waals surface area contributed by atoms with E-state index in [9.17, 15) is 0 Å². The zero-order valence-electron chi connectivity index (χ0n) is 20.1. The van der Waals surface area contributed by atoms with Crippen LogP contribution in [-0.2, 0) is 9.47 Å². The van der Waals surface area contributed by atoms with Crippen LogP contribution in [0.15, 0.2) is 12.1 Å². The van der Waals surface area contributed by atoms with Crippen LogP contribution in [0.5, 0.6) is 0 Å². The monoisotopic (exact) mass is 448 g/mol. The standard InChI is InChI=1S/C28H42F2O2/c1-3-5-19-7-9-20(10-8-19)21-12-16-26(32-17-21)25-15-14-24(27(29)28(25)30)22-11-13-23(6-4-2)31-18-22/h14-15,19-23,26H,3-13,16-18H2,1-2H3. The molecule has 0 bridgehead atoms. The second-order valence-electron chi connectivity index (χ2n) is 10.6. The van der Waals surface area contributed by atoms with Gasteiger partial charge < -0.3 is 9.47 Å². The quantitative estimate of drug-likeness (QED) is 0.419. The summed E-state index contributed by atoms with van der Waals surface area (Å²) in [7, 11) is 0. The van der Waals surface area contributed by atoms with Crippen molar-refractivity contribution in [2.75, 3.05) is 13.2 Å². The van der Waals surface area contributed by atoms with Gasteiger partial charge in [0.15, 0.2) is 11.6 Å². The van der Waals surface area contributed by atoms with Crippen molar-refractivity contribution in [3.63, 3.8) is 0 Å². The third-order valence-corrected chi connectivity index (χ3v) is 8.48. The molecule has 4 rings (SSSR count). The van der Waals surface area contributed by atoms with Crippen molar-refractivity contribution in [2.24, 2.45) is 17.8 Å². The van der Waals surface area contributed by atoms with Crippen LogP contribution in [0.2, 0.25) is 0 Å². The second-order valence-corrected chi connectivity index (χ2v) is 10.6. The van der Waals surface area contributed by atoms with Gasteiger partial charge in [0.2, 0.25) is 0 Å². The summed E-state index contributed by atoms with van der Waals surface area (Å²) in [5, 5.41) is 0. The molecule has 1 saturated carbocycles. The fourth-order valence-electron chi connectivity index (χ4n) is 6.49. The van der Waals surface area contributed by atoms with Gasteiger partial charge >= 0.3 is 0 Å². The number of rotatable bonds is 7. The fraction of sp³-hybridized carbons (Fsp3) is 0.786. The third-order valence-electron chi connectivity index (χ3n) is 8.48. The van der Waals surface area contributed by atoms with E-state index in [1.165, 1.54) is 38.5 Å². The van der Waals surface area contributed by atoms with Gasteiger partial charge in [-0.05, 0) is 68.3 Å². The van der Waals surface area contributed by atoms with Crippen molar-refractivity contribution >= 4 is 0 Å². The van der Waals surface area contributed by atoms with Crippen molar-refractivity contribution in [1.82, 2.24) is 0 Å². The molecule has 3 aliphatic rings. The lowest BCUT2D eigenvalue weighted by molar-refractivity contribution is -0.0421. The van der Waals surface area contributed by atoms with Gasteiger partial charge in [-0.2, -0.15) is 0 Å². The Balaban J connectivity index is 1.32. The van der Waals surface area contributed by atoms with Crippen LogP contribution < -0.4 is 0 Å². The minimum Gasteiger partial charge on any atom is -0.378 e. The molecule has 0 amide bonds. The van der Waals surface area contributed by atoms with Gasteiger partial charge in [-0.3, -0.25) is 0 Å². The highest BCUT2D eigenvalue weighted by Gasteiger charge is 2.34. The van der Waals surface area contributed by atoms with Gasteiger partial charge in [0.1, 0.15) is 0 Å². The molecule has 2 saturated heterocycles. The maximum Gasteiger partial charge on any atom is 0.164 e. The highest BCUT2D eigenvalue weighted by Crippen LogP contribution is 2.42. The summed E-state index contributed by atoms with van der Waals surface area (Å²) in [6.07, 6.45) is 13.7.